The lowest BCUT2D eigenvalue weighted by atomic mass is 9.66. The van der Waals surface area contributed by atoms with Crippen LogP contribution in [-0.2, 0) is 23.9 Å². The summed E-state index contributed by atoms with van der Waals surface area (Å²) in [6, 6.07) is -0.520. The van der Waals surface area contributed by atoms with Gasteiger partial charge in [0.05, 0.1) is 35.5 Å². The molecular weight excluding hydrogens is 342 g/mol. The van der Waals surface area contributed by atoms with Crippen molar-refractivity contribution in [3.63, 3.8) is 0 Å². The average Bonchev–Trinajstić information content (AvgIpc) is 3.10. The van der Waals surface area contributed by atoms with E-state index in [9.17, 15) is 24.6 Å². The molecule has 3 aliphatic rings. The van der Waals surface area contributed by atoms with Crippen LogP contribution in [-0.4, -0.2) is 70.0 Å². The minimum atomic E-state index is -1.68. The molecule has 0 aromatic rings. The fourth-order valence-electron chi connectivity index (χ4n) is 4.40. The van der Waals surface area contributed by atoms with E-state index in [-0.39, 0.29) is 13.0 Å². The number of aliphatic hydroxyl groups excluding tert-OH is 1. The summed E-state index contributed by atoms with van der Waals surface area (Å²) in [7, 11) is 0. The lowest BCUT2D eigenvalue weighted by molar-refractivity contribution is -0.189. The lowest BCUT2D eigenvalue weighted by Gasteiger charge is -2.43. The number of rotatable bonds is 1. The SMILES string of the molecule is CC[C@@]1(C)C(=O)O[C@@H]2CCN3C(=O)[C@H](O)[C@@H](COC(=O)[C@@H](C)[C@]1(C)O)C23. The Balaban J connectivity index is 2.02. The maximum absolute atomic E-state index is 13.0. The molecule has 8 nitrogen and oxygen atoms in total. The molecule has 3 rings (SSSR count). The summed E-state index contributed by atoms with van der Waals surface area (Å²) in [5.74, 6) is -3.34. The predicted molar refractivity (Wildman–Crippen MR) is 88.6 cm³/mol. The maximum Gasteiger partial charge on any atom is 0.315 e. The van der Waals surface area contributed by atoms with Gasteiger partial charge in [-0.15, -0.1) is 0 Å². The molecule has 3 fully saturated rings. The van der Waals surface area contributed by atoms with E-state index in [0.29, 0.717) is 13.0 Å². The van der Waals surface area contributed by atoms with Gasteiger partial charge in [0.25, 0.3) is 5.91 Å². The van der Waals surface area contributed by atoms with Crippen molar-refractivity contribution in [3.05, 3.63) is 0 Å². The first-order valence-electron chi connectivity index (χ1n) is 9.15. The van der Waals surface area contributed by atoms with Crippen molar-refractivity contribution in [2.45, 2.75) is 64.4 Å². The second-order valence-corrected chi connectivity index (χ2v) is 8.05. The Labute approximate surface area is 152 Å². The molecule has 26 heavy (non-hydrogen) atoms. The third-order valence-corrected chi connectivity index (χ3v) is 6.92. The third kappa shape index (κ3) is 2.45. The van der Waals surface area contributed by atoms with Crippen LogP contribution in [0.3, 0.4) is 0 Å². The molecule has 1 unspecified atom stereocenters. The van der Waals surface area contributed by atoms with Gasteiger partial charge in [-0.1, -0.05) is 6.92 Å². The van der Waals surface area contributed by atoms with E-state index >= 15 is 0 Å². The van der Waals surface area contributed by atoms with Gasteiger partial charge in [-0.2, -0.15) is 0 Å². The first kappa shape index (κ1) is 19.1. The van der Waals surface area contributed by atoms with Gasteiger partial charge in [0.2, 0.25) is 0 Å². The minimum absolute atomic E-state index is 0.162. The molecule has 146 valence electrons. The van der Waals surface area contributed by atoms with Gasteiger partial charge < -0.3 is 24.6 Å². The van der Waals surface area contributed by atoms with Crippen LogP contribution in [0.4, 0.5) is 0 Å². The van der Waals surface area contributed by atoms with Gasteiger partial charge in [-0.05, 0) is 27.2 Å². The van der Waals surface area contributed by atoms with Crippen molar-refractivity contribution in [2.24, 2.45) is 17.3 Å². The van der Waals surface area contributed by atoms with E-state index in [4.69, 9.17) is 9.47 Å². The quantitative estimate of drug-likeness (QED) is 0.618. The minimum Gasteiger partial charge on any atom is -0.465 e. The molecule has 7 atom stereocenters. The topological polar surface area (TPSA) is 113 Å². The molecule has 0 saturated carbocycles. The molecule has 0 radical (unpaired) electrons. The van der Waals surface area contributed by atoms with Crippen LogP contribution in [0.1, 0.15) is 40.5 Å². The highest BCUT2D eigenvalue weighted by molar-refractivity contribution is 5.85. The Kier molecular flexibility index (Phi) is 4.55. The van der Waals surface area contributed by atoms with E-state index < -0.39 is 58.9 Å². The van der Waals surface area contributed by atoms with Gasteiger partial charge in [0.15, 0.2) is 0 Å². The zero-order valence-corrected chi connectivity index (χ0v) is 15.6. The van der Waals surface area contributed by atoms with E-state index in [1.54, 1.807) is 13.8 Å². The molecule has 8 heteroatoms. The molecule has 0 aliphatic carbocycles. The number of esters is 2. The second kappa shape index (κ2) is 6.20. The number of carbonyl (C=O) groups is 3. The highest BCUT2D eigenvalue weighted by Crippen LogP contribution is 2.44. The first-order chi connectivity index (χ1) is 12.1. The maximum atomic E-state index is 13.0. The number of ether oxygens (including phenoxy) is 2. The summed E-state index contributed by atoms with van der Waals surface area (Å²) in [4.78, 5) is 39.3. The Morgan fingerprint density at radius 3 is 2.54 bits per heavy atom. The molecule has 3 heterocycles. The monoisotopic (exact) mass is 369 g/mol. The van der Waals surface area contributed by atoms with Crippen molar-refractivity contribution in [1.82, 2.24) is 4.90 Å². The molecule has 0 bridgehead atoms. The van der Waals surface area contributed by atoms with E-state index in [2.05, 4.69) is 0 Å². The van der Waals surface area contributed by atoms with Crippen LogP contribution in [0.25, 0.3) is 0 Å². The Hall–Kier alpha value is -1.67. The lowest BCUT2D eigenvalue weighted by Crippen LogP contribution is -2.56. The van der Waals surface area contributed by atoms with Gasteiger partial charge >= 0.3 is 11.9 Å². The molecule has 3 aliphatic heterocycles. The number of hydrogen-bond donors (Lipinski definition) is 2. The molecular formula is C18H27NO7. The molecule has 0 aromatic heterocycles. The number of hydrogen-bond acceptors (Lipinski definition) is 7. The molecule has 0 aromatic carbocycles. The van der Waals surface area contributed by atoms with Gasteiger partial charge in [0, 0.05) is 13.0 Å². The zero-order chi connectivity index (χ0) is 19.4. The summed E-state index contributed by atoms with van der Waals surface area (Å²) in [5, 5.41) is 21.3. The number of cyclic esters (lactones) is 1. The van der Waals surface area contributed by atoms with Crippen LogP contribution in [0.15, 0.2) is 0 Å². The average molecular weight is 369 g/mol. The second-order valence-electron chi connectivity index (χ2n) is 8.05. The Morgan fingerprint density at radius 2 is 1.92 bits per heavy atom. The standard InChI is InChI=1S/C18H27NO7/c1-5-17(3)16(23)26-11-6-7-19-12(11)10(13(20)14(19)21)8-25-15(22)9(2)18(17,4)24/h9-13,20,24H,5-8H2,1-4H3/t9-,10+,11-,12?,13-,17+,18+/m1/s1. The van der Waals surface area contributed by atoms with Crippen molar-refractivity contribution in [3.8, 4) is 0 Å². The van der Waals surface area contributed by atoms with Crippen LogP contribution in [0, 0.1) is 17.3 Å². The van der Waals surface area contributed by atoms with Crippen LogP contribution in [0.2, 0.25) is 0 Å². The van der Waals surface area contributed by atoms with Crippen LogP contribution < -0.4 is 0 Å². The molecule has 3 saturated heterocycles. The zero-order valence-electron chi connectivity index (χ0n) is 15.6. The van der Waals surface area contributed by atoms with Gasteiger partial charge in [-0.3, -0.25) is 14.4 Å². The predicted octanol–water partition coefficient (Wildman–Crippen LogP) is -0.150. The Morgan fingerprint density at radius 1 is 1.27 bits per heavy atom. The van der Waals surface area contributed by atoms with Gasteiger partial charge in [0.1, 0.15) is 12.2 Å². The van der Waals surface area contributed by atoms with Crippen molar-refractivity contribution >= 4 is 17.8 Å². The third-order valence-electron chi connectivity index (χ3n) is 6.92. The first-order valence-corrected chi connectivity index (χ1v) is 9.15. The Bertz CT molecular complexity index is 633. The van der Waals surface area contributed by atoms with E-state index in [1.165, 1.54) is 18.7 Å². The van der Waals surface area contributed by atoms with Gasteiger partial charge in [-0.25, -0.2) is 0 Å². The number of nitrogens with zero attached hydrogens (tertiary/aromatic N) is 1. The summed E-state index contributed by atoms with van der Waals surface area (Å²) < 4.78 is 11.1. The summed E-state index contributed by atoms with van der Waals surface area (Å²) in [6.07, 6.45) is -1.16. The fourth-order valence-corrected chi connectivity index (χ4v) is 4.40. The summed E-state index contributed by atoms with van der Waals surface area (Å²) in [5.41, 5.74) is -3.00. The highest BCUT2D eigenvalue weighted by Gasteiger charge is 2.59. The normalized spacial score (nSPS) is 46.5. The smallest absolute Gasteiger partial charge is 0.315 e. The number of carbonyl (C=O) groups excluding carboxylic acids is 3. The fraction of sp³-hybridized carbons (Fsp3) is 0.833. The molecule has 1 amide bonds. The number of aliphatic hydroxyl groups is 2. The van der Waals surface area contributed by atoms with E-state index in [1.807, 2.05) is 0 Å². The van der Waals surface area contributed by atoms with Crippen molar-refractivity contribution in [1.29, 1.82) is 0 Å². The molecule has 2 N–H and O–H groups in total. The van der Waals surface area contributed by atoms with Crippen molar-refractivity contribution < 1.29 is 34.1 Å². The van der Waals surface area contributed by atoms with Crippen molar-refractivity contribution in [2.75, 3.05) is 13.2 Å². The van der Waals surface area contributed by atoms with Crippen LogP contribution >= 0.6 is 0 Å². The highest BCUT2D eigenvalue weighted by atomic mass is 16.6. The van der Waals surface area contributed by atoms with Crippen LogP contribution in [0.5, 0.6) is 0 Å². The largest absolute Gasteiger partial charge is 0.465 e. The number of amides is 1. The summed E-state index contributed by atoms with van der Waals surface area (Å²) >= 11 is 0. The van der Waals surface area contributed by atoms with E-state index in [0.717, 1.165) is 0 Å². The summed E-state index contributed by atoms with van der Waals surface area (Å²) in [6.45, 7) is 6.49. The molecule has 0 spiro atoms.